The maximum atomic E-state index is 12.5. The predicted molar refractivity (Wildman–Crippen MR) is 117 cm³/mol. The van der Waals surface area contributed by atoms with Crippen LogP contribution < -0.4 is 10.7 Å². The van der Waals surface area contributed by atoms with Crippen LogP contribution in [0.1, 0.15) is 29.8 Å². The second-order valence-electron chi connectivity index (χ2n) is 6.27. The second-order valence-corrected chi connectivity index (χ2v) is 8.41. The molecule has 2 aromatic carbocycles. The molecule has 0 saturated heterocycles. The lowest BCUT2D eigenvalue weighted by atomic mass is 10.0. The molecule has 0 aliphatic rings. The Morgan fingerprint density at radius 2 is 1.71 bits per heavy atom. The van der Waals surface area contributed by atoms with E-state index in [1.807, 2.05) is 13.8 Å². The van der Waals surface area contributed by atoms with Crippen LogP contribution in [-0.2, 0) is 4.79 Å². The largest absolute Gasteiger partial charge is 0.506 e. The van der Waals surface area contributed by atoms with Crippen LogP contribution in [0.5, 0.6) is 5.75 Å². The predicted octanol–water partition coefficient (Wildman–Crippen LogP) is 4.48. The van der Waals surface area contributed by atoms with Gasteiger partial charge in [0.25, 0.3) is 11.8 Å². The number of carbonyl (C=O) groups is 2. The van der Waals surface area contributed by atoms with Crippen molar-refractivity contribution in [3.05, 3.63) is 61.5 Å². The van der Waals surface area contributed by atoms with E-state index >= 15 is 0 Å². The van der Waals surface area contributed by atoms with Gasteiger partial charge in [-0.1, -0.05) is 25.4 Å². The van der Waals surface area contributed by atoms with Gasteiger partial charge in [0.1, 0.15) is 11.8 Å². The highest BCUT2D eigenvalue weighted by Gasteiger charge is 2.24. The minimum atomic E-state index is -0.765. The maximum absolute atomic E-state index is 12.5. The molecule has 0 radical (unpaired) electrons. The number of halogens is 3. The van der Waals surface area contributed by atoms with Crippen molar-refractivity contribution in [2.75, 3.05) is 0 Å². The molecule has 2 amide bonds. The Morgan fingerprint density at radius 3 is 2.25 bits per heavy atom. The third-order valence-corrected chi connectivity index (χ3v) is 5.23. The molecule has 2 aromatic rings. The average molecular weight is 532 g/mol. The molecule has 0 spiro atoms. The Morgan fingerprint density at radius 1 is 1.14 bits per heavy atom. The first-order valence-corrected chi connectivity index (χ1v) is 10.2. The van der Waals surface area contributed by atoms with Gasteiger partial charge in [0.2, 0.25) is 0 Å². The van der Waals surface area contributed by atoms with Crippen LogP contribution in [0.25, 0.3) is 0 Å². The maximum Gasteiger partial charge on any atom is 0.262 e. The fourth-order valence-corrected chi connectivity index (χ4v) is 3.61. The van der Waals surface area contributed by atoms with Gasteiger partial charge in [0, 0.05) is 10.6 Å². The second kappa shape index (κ2) is 10.0. The molecule has 0 aliphatic carbocycles. The summed E-state index contributed by atoms with van der Waals surface area (Å²) in [5.41, 5.74) is 3.50. The number of amides is 2. The Balaban J connectivity index is 2.04. The van der Waals surface area contributed by atoms with Crippen molar-refractivity contribution in [1.29, 1.82) is 0 Å². The number of hydrazone groups is 1. The van der Waals surface area contributed by atoms with Crippen LogP contribution in [0.4, 0.5) is 0 Å². The molecule has 3 N–H and O–H groups in total. The summed E-state index contributed by atoms with van der Waals surface area (Å²) >= 11 is 12.3. The monoisotopic (exact) mass is 529 g/mol. The number of rotatable bonds is 6. The molecule has 148 valence electrons. The van der Waals surface area contributed by atoms with E-state index in [-0.39, 0.29) is 17.6 Å². The molecule has 1 unspecified atom stereocenters. The van der Waals surface area contributed by atoms with Gasteiger partial charge in [-0.3, -0.25) is 9.59 Å². The zero-order valence-electron chi connectivity index (χ0n) is 15.0. The molecule has 0 bridgehead atoms. The summed E-state index contributed by atoms with van der Waals surface area (Å²) < 4.78 is 0.981. The lowest BCUT2D eigenvalue weighted by molar-refractivity contribution is -0.123. The molecule has 6 nitrogen and oxygen atoms in total. The molecule has 1 atom stereocenters. The molecule has 0 fully saturated rings. The van der Waals surface area contributed by atoms with Crippen molar-refractivity contribution in [2.24, 2.45) is 11.0 Å². The first-order valence-electron chi connectivity index (χ1n) is 8.26. The van der Waals surface area contributed by atoms with Gasteiger partial charge in [0.05, 0.1) is 15.2 Å². The Hall–Kier alpha value is -1.90. The lowest BCUT2D eigenvalue weighted by Crippen LogP contribution is -2.48. The molecular formula is C19H18Br2ClN3O3. The quantitative estimate of drug-likeness (QED) is 0.379. The summed E-state index contributed by atoms with van der Waals surface area (Å²) in [6, 6.07) is 8.93. The normalized spacial score (nSPS) is 12.2. The van der Waals surface area contributed by atoms with Crippen molar-refractivity contribution >= 4 is 61.5 Å². The van der Waals surface area contributed by atoms with E-state index in [4.69, 9.17) is 11.6 Å². The average Bonchev–Trinajstić information content (AvgIpc) is 2.64. The summed E-state index contributed by atoms with van der Waals surface area (Å²) in [5, 5.41) is 16.9. The number of phenolic OH excluding ortho intramolecular Hbond substituents is 1. The molecule has 9 heteroatoms. The van der Waals surface area contributed by atoms with Crippen LogP contribution in [0.15, 0.2) is 50.4 Å². The zero-order valence-corrected chi connectivity index (χ0v) is 19.0. The van der Waals surface area contributed by atoms with Crippen molar-refractivity contribution in [1.82, 2.24) is 10.7 Å². The molecular weight excluding hydrogens is 513 g/mol. The minimum absolute atomic E-state index is 0.0750. The van der Waals surface area contributed by atoms with Crippen LogP contribution in [0, 0.1) is 5.92 Å². The van der Waals surface area contributed by atoms with Crippen LogP contribution in [-0.4, -0.2) is 29.2 Å². The van der Waals surface area contributed by atoms with Crippen molar-refractivity contribution in [2.45, 2.75) is 19.9 Å². The Labute approximate surface area is 184 Å². The van der Waals surface area contributed by atoms with Crippen LogP contribution in [0.2, 0.25) is 5.02 Å². The van der Waals surface area contributed by atoms with Gasteiger partial charge in [-0.2, -0.15) is 5.10 Å². The molecule has 0 saturated carbocycles. The number of nitrogens with one attached hydrogen (secondary N) is 2. The van der Waals surface area contributed by atoms with Gasteiger partial charge in [0.15, 0.2) is 0 Å². The van der Waals surface area contributed by atoms with Gasteiger partial charge in [-0.05, 0) is 79.7 Å². The number of hydrogen-bond donors (Lipinski definition) is 3. The third-order valence-electron chi connectivity index (χ3n) is 3.77. The minimum Gasteiger partial charge on any atom is -0.506 e. The van der Waals surface area contributed by atoms with E-state index in [0.29, 0.717) is 25.1 Å². The number of carbonyl (C=O) groups excluding carboxylic acids is 2. The molecule has 0 heterocycles. The summed E-state index contributed by atoms with van der Waals surface area (Å²) in [4.78, 5) is 24.8. The van der Waals surface area contributed by atoms with E-state index in [1.54, 1.807) is 36.4 Å². The molecule has 0 aliphatic heterocycles. The highest BCUT2D eigenvalue weighted by molar-refractivity contribution is 9.11. The summed E-state index contributed by atoms with van der Waals surface area (Å²) in [5.74, 6) is -0.888. The summed E-state index contributed by atoms with van der Waals surface area (Å²) in [6.07, 6.45) is 1.44. The summed E-state index contributed by atoms with van der Waals surface area (Å²) in [7, 11) is 0. The van der Waals surface area contributed by atoms with E-state index in [2.05, 4.69) is 47.7 Å². The highest BCUT2D eigenvalue weighted by atomic mass is 79.9. The zero-order chi connectivity index (χ0) is 20.8. The van der Waals surface area contributed by atoms with Gasteiger partial charge >= 0.3 is 0 Å². The number of hydrogen-bond acceptors (Lipinski definition) is 4. The standard InChI is InChI=1S/C19H18Br2ClN3O3/c1-10(2)16(24-18(27)12-3-5-13(22)6-4-12)19(28)25-23-9-11-7-14(20)17(26)15(21)8-11/h3-10,16,26H,1-2H3,(H,24,27)(H,25,28)/b23-9+. The van der Waals surface area contributed by atoms with E-state index in [9.17, 15) is 14.7 Å². The van der Waals surface area contributed by atoms with Gasteiger partial charge in [-0.15, -0.1) is 0 Å². The van der Waals surface area contributed by atoms with E-state index in [1.165, 1.54) is 6.21 Å². The lowest BCUT2D eigenvalue weighted by Gasteiger charge is -2.20. The topological polar surface area (TPSA) is 90.8 Å². The third kappa shape index (κ3) is 6.05. The van der Waals surface area contributed by atoms with Gasteiger partial charge in [-0.25, -0.2) is 5.43 Å². The van der Waals surface area contributed by atoms with Gasteiger partial charge < -0.3 is 10.4 Å². The van der Waals surface area contributed by atoms with E-state index < -0.39 is 11.9 Å². The first-order chi connectivity index (χ1) is 13.2. The Kier molecular flexibility index (Phi) is 8.03. The van der Waals surface area contributed by atoms with Crippen molar-refractivity contribution < 1.29 is 14.7 Å². The first kappa shape index (κ1) is 22.4. The molecule has 28 heavy (non-hydrogen) atoms. The smallest absolute Gasteiger partial charge is 0.262 e. The number of phenols is 1. The number of aromatic hydroxyl groups is 1. The molecule has 0 aromatic heterocycles. The van der Waals surface area contributed by atoms with Crippen molar-refractivity contribution in [3.8, 4) is 5.75 Å². The number of benzene rings is 2. The Bertz CT molecular complexity index is 879. The SMILES string of the molecule is CC(C)C(NC(=O)c1ccc(Cl)cc1)C(=O)N/N=C/c1cc(Br)c(O)c(Br)c1. The summed E-state index contributed by atoms with van der Waals surface area (Å²) in [6.45, 7) is 3.65. The van der Waals surface area contributed by atoms with Crippen molar-refractivity contribution in [3.63, 3.8) is 0 Å². The van der Waals surface area contributed by atoms with Crippen LogP contribution in [0.3, 0.4) is 0 Å². The fraction of sp³-hybridized carbons (Fsp3) is 0.211. The van der Waals surface area contributed by atoms with E-state index in [0.717, 1.165) is 0 Å². The number of nitrogens with zero attached hydrogens (tertiary/aromatic N) is 1. The molecule has 2 rings (SSSR count). The highest BCUT2D eigenvalue weighted by Crippen LogP contribution is 2.32. The fourth-order valence-electron chi connectivity index (χ4n) is 2.26. The van der Waals surface area contributed by atoms with Crippen LogP contribution >= 0.6 is 43.5 Å².